The van der Waals surface area contributed by atoms with Gasteiger partial charge in [0.05, 0.1) is 0 Å². The molecule has 0 fully saturated rings. The van der Waals surface area contributed by atoms with Gasteiger partial charge in [-0.1, -0.05) is 0 Å². The lowest BCUT2D eigenvalue weighted by atomic mass is 13.9. The lowest BCUT2D eigenvalue weighted by Crippen LogP contribution is -1.27. The van der Waals surface area contributed by atoms with Crippen LogP contribution in [-0.2, 0) is 9.13 Å². The molecule has 0 heterocycles. The van der Waals surface area contributed by atoms with Gasteiger partial charge >= 0.3 is 7.83 Å². The minimum atomic E-state index is -3.12. The van der Waals surface area contributed by atoms with E-state index in [4.69, 9.17) is 14.6 Å². The van der Waals surface area contributed by atoms with Crippen molar-refractivity contribution in [2.24, 2.45) is 0 Å². The van der Waals surface area contributed by atoms with Crippen LogP contribution in [0.15, 0.2) is 0 Å². The molecule has 4 heteroatoms. The lowest BCUT2D eigenvalue weighted by molar-refractivity contribution is 0.515. The third-order valence-corrected chi connectivity index (χ3v) is 0. The summed E-state index contributed by atoms with van der Waals surface area (Å²) in [6.45, 7) is 0. The fraction of sp³-hybridized carbons (Fsp3) is 0. The maximum absolute atomic E-state index is 8.59. The van der Waals surface area contributed by atoms with Gasteiger partial charge in [0.15, 0.2) is 0 Å². The minimum Gasteiger partial charge on any atom is -0.216 e. The Kier molecular flexibility index (Phi) is 1.17. The molecule has 0 aromatic heterocycles. The molecule has 4 heavy (non-hydrogen) atoms. The summed E-state index contributed by atoms with van der Waals surface area (Å²) in [4.78, 5) is 0. The van der Waals surface area contributed by atoms with Crippen molar-refractivity contribution in [1.29, 1.82) is 0 Å². The first-order chi connectivity index (χ1) is 1.73. The standard InChI is InChI=1S/NO2P/c1-4(2)3. The van der Waals surface area contributed by atoms with Crippen molar-refractivity contribution >= 4 is 7.83 Å². The Morgan fingerprint density at radius 1 is 1.50 bits per heavy atom. The van der Waals surface area contributed by atoms with Crippen LogP contribution in [0, 0.1) is 0 Å². The zero-order valence-corrected chi connectivity index (χ0v) is 2.61. The summed E-state index contributed by atoms with van der Waals surface area (Å²) in [6.07, 6.45) is 0. The fourth-order valence-corrected chi connectivity index (χ4v) is 0. The molecule has 0 spiro atoms. The van der Waals surface area contributed by atoms with Crippen molar-refractivity contribution in [2.45, 2.75) is 0 Å². The highest BCUT2D eigenvalue weighted by Gasteiger charge is 1.60. The molecule has 2 radical (unpaired) electrons. The summed E-state index contributed by atoms with van der Waals surface area (Å²) < 4.78 is 17.2. The van der Waals surface area contributed by atoms with E-state index in [1.807, 2.05) is 0 Å². The summed E-state index contributed by atoms with van der Waals surface area (Å²) in [5.74, 6) is 0. The molecule has 0 rings (SSSR count). The predicted octanol–water partition coefficient (Wildman–Crippen LogP) is 0.143. The van der Waals surface area contributed by atoms with E-state index in [-0.39, 0.29) is 0 Å². The zero-order valence-electron chi connectivity index (χ0n) is 1.71. The van der Waals surface area contributed by atoms with Crippen LogP contribution in [0.25, 0.3) is 0 Å². The molecule has 0 amide bonds. The maximum Gasteiger partial charge on any atom is 0.431 e. The SMILES string of the molecule is [N]P(=O)=O. The number of rotatable bonds is 0. The molecule has 0 N–H and O–H groups in total. The largest absolute Gasteiger partial charge is 0.431 e. The van der Waals surface area contributed by atoms with Gasteiger partial charge < -0.3 is 0 Å². The topological polar surface area (TPSA) is 56.4 Å². The first kappa shape index (κ1) is 3.86. The predicted molar refractivity (Wildman–Crippen MR) is 10.4 cm³/mol. The molecule has 22 valence electrons. The summed E-state index contributed by atoms with van der Waals surface area (Å²) in [5.41, 5.74) is 7.01. The summed E-state index contributed by atoms with van der Waals surface area (Å²) >= 11 is 0. The van der Waals surface area contributed by atoms with E-state index in [1.165, 1.54) is 0 Å². The van der Waals surface area contributed by atoms with Gasteiger partial charge in [-0.3, -0.25) is 0 Å². The molecule has 0 aliphatic carbocycles. The molecule has 0 saturated heterocycles. The fourth-order valence-electron chi connectivity index (χ4n) is 0. The third kappa shape index (κ3) is 70.2. The maximum atomic E-state index is 8.59. The Morgan fingerprint density at radius 2 is 1.50 bits per heavy atom. The van der Waals surface area contributed by atoms with Crippen molar-refractivity contribution < 1.29 is 9.13 Å². The van der Waals surface area contributed by atoms with E-state index in [1.54, 1.807) is 0 Å². The molecule has 0 aromatic rings. The van der Waals surface area contributed by atoms with Gasteiger partial charge in [0.25, 0.3) is 0 Å². The molecule has 0 saturated carbocycles. The van der Waals surface area contributed by atoms with E-state index in [2.05, 4.69) is 0 Å². The van der Waals surface area contributed by atoms with Crippen LogP contribution in [0.2, 0.25) is 0 Å². The van der Waals surface area contributed by atoms with Gasteiger partial charge in [0, 0.05) is 0 Å². The van der Waals surface area contributed by atoms with Crippen molar-refractivity contribution in [3.63, 3.8) is 0 Å². The first-order valence-electron chi connectivity index (χ1n) is 0.565. The highest BCUT2D eigenvalue weighted by atomic mass is 31.1. The van der Waals surface area contributed by atoms with Crippen LogP contribution < -0.4 is 5.50 Å². The van der Waals surface area contributed by atoms with Gasteiger partial charge in [-0.05, 0) is 5.50 Å². The second kappa shape index (κ2) is 1.21. The Hall–Kier alpha value is -0.140. The van der Waals surface area contributed by atoms with Crippen molar-refractivity contribution in [2.75, 3.05) is 0 Å². The van der Waals surface area contributed by atoms with Crippen molar-refractivity contribution in [1.82, 2.24) is 5.50 Å². The second-order valence-corrected chi connectivity index (χ2v) is 0.714. The van der Waals surface area contributed by atoms with Gasteiger partial charge in [-0.25, -0.2) is 9.13 Å². The molecule has 0 aliphatic rings. The Balaban J connectivity index is 3.51. The van der Waals surface area contributed by atoms with Crippen molar-refractivity contribution in [3.05, 3.63) is 0 Å². The average Bonchev–Trinajstić information content (AvgIpc) is 0.811. The van der Waals surface area contributed by atoms with Crippen LogP contribution in [0.1, 0.15) is 0 Å². The second-order valence-electron chi connectivity index (χ2n) is 0.238. The molecule has 0 bridgehead atoms. The van der Waals surface area contributed by atoms with E-state index in [0.717, 1.165) is 0 Å². The Bertz CT molecular complexity index is 54.4. The smallest absolute Gasteiger partial charge is 0.216 e. The highest BCUT2D eigenvalue weighted by molar-refractivity contribution is 7.27. The number of nitrogens with zero attached hydrogens (tertiary/aromatic N) is 1. The van der Waals surface area contributed by atoms with Crippen LogP contribution in [-0.4, -0.2) is 0 Å². The summed E-state index contributed by atoms with van der Waals surface area (Å²) in [7, 11) is -3.12. The van der Waals surface area contributed by atoms with E-state index >= 15 is 0 Å². The van der Waals surface area contributed by atoms with Crippen LogP contribution >= 0.6 is 7.83 Å². The summed E-state index contributed by atoms with van der Waals surface area (Å²) in [5, 5.41) is 0. The van der Waals surface area contributed by atoms with Gasteiger partial charge in [0.1, 0.15) is 0 Å². The molecule has 0 unspecified atom stereocenters. The molecule has 0 aliphatic heterocycles. The Morgan fingerprint density at radius 3 is 1.50 bits per heavy atom. The number of hydrogen-bond donors (Lipinski definition) is 0. The molecular formula is NO2P. The van der Waals surface area contributed by atoms with Gasteiger partial charge in [-0.2, -0.15) is 0 Å². The molecule has 0 aromatic carbocycles. The third-order valence-electron chi connectivity index (χ3n) is 0. The highest BCUT2D eigenvalue weighted by Crippen LogP contribution is 1.81. The van der Waals surface area contributed by atoms with E-state index in [0.29, 0.717) is 0 Å². The van der Waals surface area contributed by atoms with Crippen LogP contribution in [0.4, 0.5) is 0 Å². The van der Waals surface area contributed by atoms with Gasteiger partial charge in [0.2, 0.25) is 0 Å². The minimum absolute atomic E-state index is 3.12. The monoisotopic (exact) mass is 77.0 g/mol. The molecule has 0 atom stereocenters. The molecule has 3 nitrogen and oxygen atoms in total. The number of hydrogen-bond acceptors (Lipinski definition) is 2. The van der Waals surface area contributed by atoms with E-state index < -0.39 is 7.83 Å². The van der Waals surface area contributed by atoms with E-state index in [9.17, 15) is 0 Å². The average molecular weight is 77.0 g/mol. The van der Waals surface area contributed by atoms with Crippen LogP contribution in [0.5, 0.6) is 0 Å². The van der Waals surface area contributed by atoms with Crippen molar-refractivity contribution in [3.8, 4) is 0 Å². The first-order valence-corrected chi connectivity index (χ1v) is 1.70. The summed E-state index contributed by atoms with van der Waals surface area (Å²) in [6, 6.07) is 0. The normalized spacial score (nSPS) is 6.25. The Labute approximate surface area is 23.7 Å². The van der Waals surface area contributed by atoms with Gasteiger partial charge in [-0.15, -0.1) is 0 Å². The molecular weight excluding hydrogens is 77.0 g/mol. The lowest BCUT2D eigenvalue weighted by Gasteiger charge is -1.28. The quantitative estimate of drug-likeness (QED) is 0.386. The van der Waals surface area contributed by atoms with Crippen LogP contribution in [0.3, 0.4) is 0 Å². The zero-order chi connectivity index (χ0) is 3.58.